The van der Waals surface area contributed by atoms with Crippen LogP contribution in [-0.4, -0.2) is 43.6 Å². The number of H-pyrrole nitrogens is 1. The summed E-state index contributed by atoms with van der Waals surface area (Å²) < 4.78 is 2.10. The Bertz CT molecular complexity index is 836. The van der Waals surface area contributed by atoms with E-state index in [0.29, 0.717) is 11.6 Å². The number of nitrogens with one attached hydrogen (secondary N) is 1. The molecular formula is C17H19N5O. The average Bonchev–Trinajstić information content (AvgIpc) is 3.24. The van der Waals surface area contributed by atoms with E-state index in [0.717, 1.165) is 42.4 Å². The maximum Gasteiger partial charge on any atom is 0.256 e. The van der Waals surface area contributed by atoms with Gasteiger partial charge in [0.1, 0.15) is 0 Å². The summed E-state index contributed by atoms with van der Waals surface area (Å²) in [5.74, 6) is 0.0766. The summed E-state index contributed by atoms with van der Waals surface area (Å²) in [5.41, 5.74) is 2.61. The molecule has 4 rings (SSSR count). The fourth-order valence-electron chi connectivity index (χ4n) is 3.41. The van der Waals surface area contributed by atoms with Crippen LogP contribution in [0.3, 0.4) is 0 Å². The van der Waals surface area contributed by atoms with Gasteiger partial charge in [-0.2, -0.15) is 5.10 Å². The summed E-state index contributed by atoms with van der Waals surface area (Å²) in [6.45, 7) is 3.53. The maximum absolute atomic E-state index is 13.0. The number of rotatable bonds is 2. The molecule has 6 nitrogen and oxygen atoms in total. The van der Waals surface area contributed by atoms with Crippen molar-refractivity contribution in [1.29, 1.82) is 0 Å². The van der Waals surface area contributed by atoms with Crippen molar-refractivity contribution in [2.24, 2.45) is 0 Å². The lowest BCUT2D eigenvalue weighted by atomic mass is 10.0. The second-order valence-corrected chi connectivity index (χ2v) is 6.20. The number of imidazole rings is 1. The Morgan fingerprint density at radius 3 is 3.13 bits per heavy atom. The molecular weight excluding hydrogens is 290 g/mol. The largest absolute Gasteiger partial charge is 0.337 e. The number of benzene rings is 1. The van der Waals surface area contributed by atoms with E-state index in [1.54, 1.807) is 12.4 Å². The first kappa shape index (κ1) is 14.0. The average molecular weight is 309 g/mol. The molecule has 0 saturated carbocycles. The van der Waals surface area contributed by atoms with Gasteiger partial charge in [0.05, 0.1) is 29.6 Å². The summed E-state index contributed by atoms with van der Waals surface area (Å²) in [4.78, 5) is 19.1. The van der Waals surface area contributed by atoms with Crippen molar-refractivity contribution in [2.75, 3.05) is 13.1 Å². The third-order valence-electron chi connectivity index (χ3n) is 4.55. The minimum absolute atomic E-state index is 0.0766. The number of fused-ring (bicyclic) bond motifs is 1. The van der Waals surface area contributed by atoms with Crippen LogP contribution in [0.4, 0.5) is 0 Å². The number of nitrogens with zero attached hydrogens (tertiary/aromatic N) is 4. The molecule has 118 valence electrons. The van der Waals surface area contributed by atoms with Gasteiger partial charge >= 0.3 is 0 Å². The SMILES string of the molecule is Cc1cc(C(=O)N2CCC[C@@H](n3ccnc3)C2)c2[nH]ncc2c1. The third kappa shape index (κ3) is 2.50. The fourth-order valence-corrected chi connectivity index (χ4v) is 3.41. The molecule has 3 heterocycles. The van der Waals surface area contributed by atoms with Crippen molar-refractivity contribution in [2.45, 2.75) is 25.8 Å². The Morgan fingerprint density at radius 2 is 2.30 bits per heavy atom. The molecule has 1 aliphatic rings. The number of aromatic nitrogens is 4. The van der Waals surface area contributed by atoms with Crippen LogP contribution in [0.2, 0.25) is 0 Å². The molecule has 0 bridgehead atoms. The van der Waals surface area contributed by atoms with Crippen LogP contribution in [0.25, 0.3) is 10.9 Å². The zero-order valence-corrected chi connectivity index (χ0v) is 13.1. The standard InChI is InChI=1S/C17H19N5O/c1-12-7-13-9-19-20-16(13)15(8-12)17(23)21-5-2-3-14(10-21)22-6-4-18-11-22/h4,6-9,11,14H,2-3,5,10H2,1H3,(H,19,20)/t14-/m1/s1. The van der Waals surface area contributed by atoms with Gasteiger partial charge in [-0.15, -0.1) is 0 Å². The van der Waals surface area contributed by atoms with Crippen molar-refractivity contribution in [3.63, 3.8) is 0 Å². The van der Waals surface area contributed by atoms with Crippen LogP contribution in [0, 0.1) is 6.92 Å². The number of aromatic amines is 1. The number of amides is 1. The van der Waals surface area contributed by atoms with Crippen molar-refractivity contribution < 1.29 is 4.79 Å². The Hall–Kier alpha value is -2.63. The number of aryl methyl sites for hydroxylation is 1. The van der Waals surface area contributed by atoms with Crippen molar-refractivity contribution in [1.82, 2.24) is 24.6 Å². The zero-order chi connectivity index (χ0) is 15.8. The van der Waals surface area contributed by atoms with Gasteiger partial charge in [0.25, 0.3) is 5.91 Å². The predicted molar refractivity (Wildman–Crippen MR) is 87.2 cm³/mol. The second kappa shape index (κ2) is 5.53. The van der Waals surface area contributed by atoms with Gasteiger partial charge in [-0.3, -0.25) is 9.89 Å². The Labute approximate surface area is 134 Å². The van der Waals surface area contributed by atoms with Crippen LogP contribution in [0.1, 0.15) is 34.8 Å². The van der Waals surface area contributed by atoms with Crippen LogP contribution >= 0.6 is 0 Å². The number of piperidine rings is 1. The van der Waals surface area contributed by atoms with Crippen LogP contribution < -0.4 is 0 Å². The van der Waals surface area contributed by atoms with E-state index < -0.39 is 0 Å². The quantitative estimate of drug-likeness (QED) is 0.791. The molecule has 0 aliphatic carbocycles. The number of hydrogen-bond donors (Lipinski definition) is 1. The Morgan fingerprint density at radius 1 is 1.39 bits per heavy atom. The van der Waals surface area contributed by atoms with Crippen molar-refractivity contribution in [3.05, 3.63) is 48.2 Å². The van der Waals surface area contributed by atoms with Crippen LogP contribution in [0.5, 0.6) is 0 Å². The lowest BCUT2D eigenvalue weighted by molar-refractivity contribution is 0.0681. The zero-order valence-electron chi connectivity index (χ0n) is 13.1. The smallest absolute Gasteiger partial charge is 0.256 e. The molecule has 2 aromatic heterocycles. The molecule has 1 aromatic carbocycles. The molecule has 1 aliphatic heterocycles. The van der Waals surface area contributed by atoms with E-state index in [9.17, 15) is 4.79 Å². The number of carbonyl (C=O) groups is 1. The molecule has 23 heavy (non-hydrogen) atoms. The molecule has 1 amide bonds. The van der Waals surface area contributed by atoms with Crippen molar-refractivity contribution >= 4 is 16.8 Å². The first-order chi connectivity index (χ1) is 11.2. The van der Waals surface area contributed by atoms with Gasteiger partial charge in [0.15, 0.2) is 0 Å². The number of hydrogen-bond acceptors (Lipinski definition) is 3. The van der Waals surface area contributed by atoms with Gasteiger partial charge in [0, 0.05) is 30.9 Å². The molecule has 0 unspecified atom stereocenters. The van der Waals surface area contributed by atoms with E-state index in [4.69, 9.17) is 0 Å². The monoisotopic (exact) mass is 309 g/mol. The summed E-state index contributed by atoms with van der Waals surface area (Å²) in [7, 11) is 0. The van der Waals surface area contributed by atoms with Gasteiger partial charge in [0.2, 0.25) is 0 Å². The molecule has 3 aromatic rings. The van der Waals surface area contributed by atoms with E-state index >= 15 is 0 Å². The second-order valence-electron chi connectivity index (χ2n) is 6.20. The highest BCUT2D eigenvalue weighted by molar-refractivity contribution is 6.05. The molecule has 6 heteroatoms. The highest BCUT2D eigenvalue weighted by Gasteiger charge is 2.26. The van der Waals surface area contributed by atoms with E-state index in [2.05, 4.69) is 19.7 Å². The molecule has 0 radical (unpaired) electrons. The Balaban J connectivity index is 1.64. The van der Waals surface area contributed by atoms with E-state index in [1.165, 1.54) is 0 Å². The predicted octanol–water partition coefficient (Wildman–Crippen LogP) is 2.55. The minimum Gasteiger partial charge on any atom is -0.337 e. The highest BCUT2D eigenvalue weighted by Crippen LogP contribution is 2.25. The number of carbonyl (C=O) groups excluding carboxylic acids is 1. The molecule has 1 N–H and O–H groups in total. The number of likely N-dealkylation sites (tertiary alicyclic amines) is 1. The summed E-state index contributed by atoms with van der Waals surface area (Å²) in [6, 6.07) is 4.29. The van der Waals surface area contributed by atoms with Crippen molar-refractivity contribution in [3.8, 4) is 0 Å². The van der Waals surface area contributed by atoms with Gasteiger partial charge in [-0.25, -0.2) is 4.98 Å². The molecule has 1 saturated heterocycles. The molecule has 0 spiro atoms. The molecule has 1 fully saturated rings. The van der Waals surface area contributed by atoms with Crippen LogP contribution in [-0.2, 0) is 0 Å². The van der Waals surface area contributed by atoms with Gasteiger partial charge in [-0.1, -0.05) is 0 Å². The first-order valence-electron chi connectivity index (χ1n) is 7.93. The van der Waals surface area contributed by atoms with Gasteiger partial charge < -0.3 is 9.47 Å². The lowest BCUT2D eigenvalue weighted by Gasteiger charge is -2.33. The minimum atomic E-state index is 0.0766. The fraction of sp³-hybridized carbons (Fsp3) is 0.353. The normalized spacial score (nSPS) is 18.5. The maximum atomic E-state index is 13.0. The van der Waals surface area contributed by atoms with Gasteiger partial charge in [-0.05, 0) is 37.5 Å². The topological polar surface area (TPSA) is 66.8 Å². The molecule has 1 atom stereocenters. The lowest BCUT2D eigenvalue weighted by Crippen LogP contribution is -2.40. The third-order valence-corrected chi connectivity index (χ3v) is 4.55. The summed E-state index contributed by atoms with van der Waals surface area (Å²) in [5, 5.41) is 8.02. The van der Waals surface area contributed by atoms with Crippen LogP contribution in [0.15, 0.2) is 37.1 Å². The summed E-state index contributed by atoms with van der Waals surface area (Å²) in [6.07, 6.45) is 9.44. The van der Waals surface area contributed by atoms with E-state index in [1.807, 2.05) is 36.5 Å². The first-order valence-corrected chi connectivity index (χ1v) is 7.93. The Kier molecular flexibility index (Phi) is 3.37. The highest BCUT2D eigenvalue weighted by atomic mass is 16.2. The van der Waals surface area contributed by atoms with E-state index in [-0.39, 0.29) is 5.91 Å². The summed E-state index contributed by atoms with van der Waals surface area (Å²) >= 11 is 0.